The zero-order valence-electron chi connectivity index (χ0n) is 10.6. The van der Waals surface area contributed by atoms with Gasteiger partial charge in [-0.1, -0.05) is 6.92 Å². The zero-order valence-corrected chi connectivity index (χ0v) is 12.2. The van der Waals surface area contributed by atoms with Crippen LogP contribution < -0.4 is 10.5 Å². The van der Waals surface area contributed by atoms with Crippen molar-refractivity contribution in [3.63, 3.8) is 0 Å². The summed E-state index contributed by atoms with van der Waals surface area (Å²) in [6.07, 6.45) is 4.08. The maximum Gasteiger partial charge on any atom is 0.241 e. The second-order valence-electron chi connectivity index (χ2n) is 5.03. The van der Waals surface area contributed by atoms with Crippen LogP contribution in [0, 0.1) is 5.92 Å². The quantitative estimate of drug-likeness (QED) is 0.891. The van der Waals surface area contributed by atoms with Crippen LogP contribution in [0.5, 0.6) is 0 Å². The van der Waals surface area contributed by atoms with Crippen LogP contribution in [0.3, 0.4) is 0 Å². The molecule has 0 amide bonds. The molecule has 0 bridgehead atoms. The lowest BCUT2D eigenvalue weighted by molar-refractivity contribution is 0.332. The molecule has 0 radical (unpaired) electrons. The molecule has 18 heavy (non-hydrogen) atoms. The number of nitrogens with two attached hydrogens (primary N) is 1. The highest BCUT2D eigenvalue weighted by atomic mass is 32.2. The lowest BCUT2D eigenvalue weighted by Crippen LogP contribution is -2.37. The zero-order chi connectivity index (χ0) is 13.2. The van der Waals surface area contributed by atoms with Crippen LogP contribution >= 0.6 is 11.3 Å². The molecule has 2 rings (SSSR count). The van der Waals surface area contributed by atoms with E-state index in [9.17, 15) is 8.42 Å². The second kappa shape index (κ2) is 5.69. The standard InChI is InChI=1S/C12H20N2O2S2/c1-9-2-4-10(5-3-9)14-18(15,16)12-6-11(7-13)17-8-12/h6,8-10,14H,2-5,7,13H2,1H3. The Morgan fingerprint density at radius 1 is 1.39 bits per heavy atom. The fourth-order valence-corrected chi connectivity index (χ4v) is 4.73. The van der Waals surface area contributed by atoms with Crippen molar-refractivity contribution >= 4 is 21.4 Å². The van der Waals surface area contributed by atoms with Crippen LogP contribution in [-0.2, 0) is 16.6 Å². The Bertz CT molecular complexity index is 488. The molecule has 1 heterocycles. The van der Waals surface area contributed by atoms with E-state index >= 15 is 0 Å². The van der Waals surface area contributed by atoms with Crippen molar-refractivity contribution in [2.24, 2.45) is 11.7 Å². The van der Waals surface area contributed by atoms with Gasteiger partial charge in [-0.05, 0) is 37.7 Å². The molecule has 1 fully saturated rings. The predicted octanol–water partition coefficient (Wildman–Crippen LogP) is 2.06. The van der Waals surface area contributed by atoms with Gasteiger partial charge in [0.25, 0.3) is 0 Å². The Morgan fingerprint density at radius 2 is 2.06 bits per heavy atom. The van der Waals surface area contributed by atoms with Crippen molar-refractivity contribution in [3.8, 4) is 0 Å². The Morgan fingerprint density at radius 3 is 2.61 bits per heavy atom. The van der Waals surface area contributed by atoms with Crippen molar-refractivity contribution in [3.05, 3.63) is 16.3 Å². The fraction of sp³-hybridized carbons (Fsp3) is 0.667. The van der Waals surface area contributed by atoms with Gasteiger partial charge < -0.3 is 5.73 Å². The molecular formula is C12H20N2O2S2. The van der Waals surface area contributed by atoms with Crippen LogP contribution in [-0.4, -0.2) is 14.5 Å². The molecule has 0 aliphatic heterocycles. The molecule has 0 saturated heterocycles. The molecule has 1 aromatic rings. The van der Waals surface area contributed by atoms with E-state index in [0.717, 1.165) is 36.5 Å². The van der Waals surface area contributed by atoms with E-state index in [1.165, 1.54) is 11.3 Å². The van der Waals surface area contributed by atoms with Crippen molar-refractivity contribution < 1.29 is 8.42 Å². The number of thiophene rings is 1. The normalized spacial score (nSPS) is 25.2. The Balaban J connectivity index is 2.03. The van der Waals surface area contributed by atoms with E-state index in [0.29, 0.717) is 11.4 Å². The Hall–Kier alpha value is -0.430. The number of sulfonamides is 1. The molecule has 0 atom stereocenters. The van der Waals surface area contributed by atoms with Crippen LogP contribution in [0.2, 0.25) is 0 Å². The monoisotopic (exact) mass is 288 g/mol. The van der Waals surface area contributed by atoms with Gasteiger partial charge in [0, 0.05) is 22.8 Å². The minimum atomic E-state index is -3.36. The fourth-order valence-electron chi connectivity index (χ4n) is 2.27. The van der Waals surface area contributed by atoms with E-state index in [4.69, 9.17) is 5.73 Å². The van der Waals surface area contributed by atoms with Crippen LogP contribution in [0.15, 0.2) is 16.3 Å². The minimum Gasteiger partial charge on any atom is -0.326 e. The summed E-state index contributed by atoms with van der Waals surface area (Å²) < 4.78 is 27.1. The van der Waals surface area contributed by atoms with Crippen molar-refractivity contribution in [2.75, 3.05) is 0 Å². The molecule has 6 heteroatoms. The molecule has 1 aliphatic rings. The van der Waals surface area contributed by atoms with Crippen molar-refractivity contribution in [1.29, 1.82) is 0 Å². The van der Waals surface area contributed by atoms with Gasteiger partial charge in [0.15, 0.2) is 0 Å². The largest absolute Gasteiger partial charge is 0.326 e. The Kier molecular flexibility index (Phi) is 4.42. The van der Waals surface area contributed by atoms with Crippen LogP contribution in [0.1, 0.15) is 37.5 Å². The summed E-state index contributed by atoms with van der Waals surface area (Å²) in [5, 5.41) is 1.66. The smallest absolute Gasteiger partial charge is 0.241 e. The number of hydrogen-bond acceptors (Lipinski definition) is 4. The van der Waals surface area contributed by atoms with Crippen molar-refractivity contribution in [1.82, 2.24) is 4.72 Å². The Labute approximate surface area is 113 Å². The first-order chi connectivity index (χ1) is 8.51. The molecule has 1 aromatic heterocycles. The summed E-state index contributed by atoms with van der Waals surface area (Å²) in [6, 6.07) is 1.76. The summed E-state index contributed by atoms with van der Waals surface area (Å²) in [4.78, 5) is 1.25. The average Bonchev–Trinajstić information content (AvgIpc) is 2.81. The van der Waals surface area contributed by atoms with Gasteiger partial charge in [0.05, 0.1) is 4.90 Å². The third-order valence-corrected chi connectivity index (χ3v) is 6.09. The van der Waals surface area contributed by atoms with E-state index in [1.54, 1.807) is 11.4 Å². The summed E-state index contributed by atoms with van der Waals surface area (Å²) in [5.74, 6) is 0.718. The lowest BCUT2D eigenvalue weighted by atomic mass is 9.88. The molecule has 3 N–H and O–H groups in total. The summed E-state index contributed by atoms with van der Waals surface area (Å²) >= 11 is 1.39. The van der Waals surface area contributed by atoms with Gasteiger partial charge in [-0.2, -0.15) is 0 Å². The van der Waals surface area contributed by atoms with Crippen LogP contribution in [0.4, 0.5) is 0 Å². The molecule has 0 unspecified atom stereocenters. The topological polar surface area (TPSA) is 72.2 Å². The first-order valence-electron chi connectivity index (χ1n) is 6.31. The van der Waals surface area contributed by atoms with E-state index in [1.807, 2.05) is 0 Å². The first-order valence-corrected chi connectivity index (χ1v) is 8.67. The highest BCUT2D eigenvalue weighted by molar-refractivity contribution is 7.89. The molecule has 0 spiro atoms. The van der Waals surface area contributed by atoms with Gasteiger partial charge in [-0.25, -0.2) is 13.1 Å². The van der Waals surface area contributed by atoms with Crippen LogP contribution in [0.25, 0.3) is 0 Å². The van der Waals surface area contributed by atoms with E-state index < -0.39 is 10.0 Å². The minimum absolute atomic E-state index is 0.0902. The lowest BCUT2D eigenvalue weighted by Gasteiger charge is -2.26. The molecule has 4 nitrogen and oxygen atoms in total. The van der Waals surface area contributed by atoms with Gasteiger partial charge in [0.2, 0.25) is 10.0 Å². The summed E-state index contributed by atoms with van der Waals surface area (Å²) in [6.45, 7) is 2.61. The number of hydrogen-bond donors (Lipinski definition) is 2. The summed E-state index contributed by atoms with van der Waals surface area (Å²) in [7, 11) is -3.36. The SMILES string of the molecule is CC1CCC(NS(=O)(=O)c2csc(CN)c2)CC1. The number of rotatable bonds is 4. The van der Waals surface area contributed by atoms with Gasteiger partial charge in [-0.3, -0.25) is 0 Å². The van der Waals surface area contributed by atoms with Gasteiger partial charge in [-0.15, -0.1) is 11.3 Å². The average molecular weight is 288 g/mol. The summed E-state index contributed by atoms with van der Waals surface area (Å²) in [5.41, 5.74) is 5.50. The predicted molar refractivity (Wildman–Crippen MR) is 74.0 cm³/mol. The van der Waals surface area contributed by atoms with Gasteiger partial charge >= 0.3 is 0 Å². The molecule has 1 aliphatic carbocycles. The highest BCUT2D eigenvalue weighted by Gasteiger charge is 2.24. The maximum absolute atomic E-state index is 12.2. The third-order valence-electron chi connectivity index (χ3n) is 3.48. The maximum atomic E-state index is 12.2. The van der Waals surface area contributed by atoms with Crippen molar-refractivity contribution in [2.45, 2.75) is 50.1 Å². The molecule has 102 valence electrons. The third kappa shape index (κ3) is 3.32. The molecule has 1 saturated carbocycles. The molecular weight excluding hydrogens is 268 g/mol. The van der Waals surface area contributed by atoms with Gasteiger partial charge in [0.1, 0.15) is 0 Å². The van der Waals surface area contributed by atoms with E-state index in [-0.39, 0.29) is 6.04 Å². The first kappa shape index (κ1) is 14.0. The van der Waals surface area contributed by atoms with E-state index in [2.05, 4.69) is 11.6 Å². The number of nitrogens with one attached hydrogen (secondary N) is 1. The second-order valence-corrected chi connectivity index (χ2v) is 7.74. The highest BCUT2D eigenvalue weighted by Crippen LogP contribution is 2.25. The molecule has 0 aromatic carbocycles.